The number of esters is 1. The Labute approximate surface area is 82.5 Å². The van der Waals surface area contributed by atoms with Crippen molar-refractivity contribution in [2.45, 2.75) is 19.5 Å². The average Bonchev–Trinajstić information content (AvgIpc) is 2.26. The van der Waals surface area contributed by atoms with E-state index in [1.165, 1.54) is 7.11 Å². The summed E-state index contributed by atoms with van der Waals surface area (Å²) in [5.41, 5.74) is 0.795. The summed E-state index contributed by atoms with van der Waals surface area (Å²) < 4.78 is 4.56. The van der Waals surface area contributed by atoms with Crippen molar-refractivity contribution in [3.05, 3.63) is 24.3 Å². The number of methoxy groups -OCH3 is 1. The summed E-state index contributed by atoms with van der Waals surface area (Å²) in [7, 11) is 1.36. The number of hydrogen-bond donors (Lipinski definition) is 1. The average molecular weight is 195 g/mol. The lowest BCUT2D eigenvalue weighted by molar-refractivity contribution is -0.142. The van der Waals surface area contributed by atoms with E-state index in [0.717, 1.165) is 5.69 Å². The zero-order valence-corrected chi connectivity index (χ0v) is 8.23. The van der Waals surface area contributed by atoms with Crippen molar-refractivity contribution in [1.82, 2.24) is 15.3 Å². The smallest absolute Gasteiger partial charge is 0.322 e. The van der Waals surface area contributed by atoms with Gasteiger partial charge in [0, 0.05) is 25.1 Å². The van der Waals surface area contributed by atoms with Crippen molar-refractivity contribution < 1.29 is 9.53 Å². The lowest BCUT2D eigenvalue weighted by Gasteiger charge is -2.10. The van der Waals surface area contributed by atoms with Gasteiger partial charge in [0.05, 0.1) is 12.8 Å². The molecule has 0 aliphatic rings. The highest BCUT2D eigenvalue weighted by Crippen LogP contribution is 1.92. The molecule has 1 atom stereocenters. The number of nitrogens with one attached hydrogen (secondary N) is 1. The molecular weight excluding hydrogens is 182 g/mol. The lowest BCUT2D eigenvalue weighted by atomic mass is 10.3. The Morgan fingerprint density at radius 1 is 1.64 bits per heavy atom. The molecule has 14 heavy (non-hydrogen) atoms. The van der Waals surface area contributed by atoms with Gasteiger partial charge in [-0.1, -0.05) is 0 Å². The monoisotopic (exact) mass is 195 g/mol. The van der Waals surface area contributed by atoms with Crippen LogP contribution in [0.25, 0.3) is 0 Å². The number of hydrogen-bond acceptors (Lipinski definition) is 5. The molecule has 0 amide bonds. The van der Waals surface area contributed by atoms with Gasteiger partial charge in [-0.2, -0.15) is 0 Å². The summed E-state index contributed by atoms with van der Waals surface area (Å²) in [5.74, 6) is -0.283. The van der Waals surface area contributed by atoms with E-state index in [1.807, 2.05) is 0 Å². The van der Waals surface area contributed by atoms with Crippen molar-refractivity contribution in [2.24, 2.45) is 0 Å². The summed E-state index contributed by atoms with van der Waals surface area (Å²) in [6, 6.07) is -0.331. The Morgan fingerprint density at radius 2 is 2.43 bits per heavy atom. The van der Waals surface area contributed by atoms with Crippen LogP contribution in [0, 0.1) is 0 Å². The Balaban J connectivity index is 2.38. The van der Waals surface area contributed by atoms with Crippen LogP contribution in [0.2, 0.25) is 0 Å². The third kappa shape index (κ3) is 3.10. The van der Waals surface area contributed by atoms with E-state index in [-0.39, 0.29) is 12.0 Å². The molecule has 5 nitrogen and oxygen atoms in total. The van der Waals surface area contributed by atoms with Gasteiger partial charge in [0.2, 0.25) is 0 Å². The number of carbonyl (C=O) groups is 1. The van der Waals surface area contributed by atoms with Gasteiger partial charge in [0.15, 0.2) is 0 Å². The minimum atomic E-state index is -0.331. The van der Waals surface area contributed by atoms with Crippen LogP contribution in [0.15, 0.2) is 18.6 Å². The molecule has 0 aromatic carbocycles. The first-order chi connectivity index (χ1) is 6.74. The first-order valence-corrected chi connectivity index (χ1v) is 4.30. The first-order valence-electron chi connectivity index (χ1n) is 4.30. The largest absolute Gasteiger partial charge is 0.468 e. The highest BCUT2D eigenvalue weighted by atomic mass is 16.5. The Hall–Kier alpha value is -1.49. The lowest BCUT2D eigenvalue weighted by Crippen LogP contribution is -2.34. The molecule has 0 fully saturated rings. The van der Waals surface area contributed by atoms with Crippen molar-refractivity contribution >= 4 is 5.97 Å². The molecule has 1 rings (SSSR count). The molecule has 0 unspecified atom stereocenters. The molecule has 1 N–H and O–H groups in total. The van der Waals surface area contributed by atoms with E-state index < -0.39 is 0 Å². The zero-order valence-electron chi connectivity index (χ0n) is 8.23. The van der Waals surface area contributed by atoms with Gasteiger partial charge in [-0.05, 0) is 6.92 Å². The van der Waals surface area contributed by atoms with Crippen LogP contribution in [-0.2, 0) is 16.1 Å². The number of rotatable bonds is 4. The third-order valence-corrected chi connectivity index (χ3v) is 1.76. The van der Waals surface area contributed by atoms with Gasteiger partial charge >= 0.3 is 5.97 Å². The van der Waals surface area contributed by atoms with Crippen molar-refractivity contribution in [1.29, 1.82) is 0 Å². The quantitative estimate of drug-likeness (QED) is 0.692. The van der Waals surface area contributed by atoms with E-state index >= 15 is 0 Å². The molecule has 0 aliphatic heterocycles. The second-order valence-electron chi connectivity index (χ2n) is 2.82. The van der Waals surface area contributed by atoms with Crippen LogP contribution in [0.4, 0.5) is 0 Å². The van der Waals surface area contributed by atoms with Crippen LogP contribution >= 0.6 is 0 Å². The van der Waals surface area contributed by atoms with Gasteiger partial charge in [-0.3, -0.25) is 20.1 Å². The molecule has 1 aromatic heterocycles. The standard InChI is InChI=1S/C9H13N3O2/c1-7(9(13)14-2)12-6-8-5-10-3-4-11-8/h3-5,7,12H,6H2,1-2H3/t7-/m0/s1. The number of aromatic nitrogens is 2. The maximum atomic E-state index is 11.0. The molecule has 76 valence electrons. The molecular formula is C9H13N3O2. The molecule has 0 spiro atoms. The minimum absolute atomic E-state index is 0.283. The summed E-state index contributed by atoms with van der Waals surface area (Å²) >= 11 is 0. The van der Waals surface area contributed by atoms with Crippen molar-refractivity contribution in [2.75, 3.05) is 7.11 Å². The summed E-state index contributed by atoms with van der Waals surface area (Å²) in [6.45, 7) is 2.24. The molecule has 1 aromatic rings. The minimum Gasteiger partial charge on any atom is -0.468 e. The maximum absolute atomic E-state index is 11.0. The van der Waals surface area contributed by atoms with E-state index in [2.05, 4.69) is 20.0 Å². The van der Waals surface area contributed by atoms with Gasteiger partial charge in [0.1, 0.15) is 6.04 Å². The fourth-order valence-electron chi connectivity index (χ4n) is 0.939. The number of nitrogens with zero attached hydrogens (tertiary/aromatic N) is 2. The van der Waals surface area contributed by atoms with Crippen molar-refractivity contribution in [3.8, 4) is 0 Å². The highest BCUT2D eigenvalue weighted by molar-refractivity contribution is 5.74. The third-order valence-electron chi connectivity index (χ3n) is 1.76. The second kappa shape index (κ2) is 5.29. The first kappa shape index (κ1) is 10.6. The van der Waals surface area contributed by atoms with E-state index in [0.29, 0.717) is 6.54 Å². The molecule has 0 saturated carbocycles. The van der Waals surface area contributed by atoms with Crippen LogP contribution in [-0.4, -0.2) is 29.1 Å². The fourth-order valence-corrected chi connectivity index (χ4v) is 0.939. The Bertz CT molecular complexity index is 289. The van der Waals surface area contributed by atoms with Gasteiger partial charge < -0.3 is 4.74 Å². The number of ether oxygens (including phenoxy) is 1. The summed E-state index contributed by atoms with van der Waals surface area (Å²) in [6.07, 6.45) is 4.87. The van der Waals surface area contributed by atoms with Gasteiger partial charge in [-0.15, -0.1) is 0 Å². The molecule has 1 heterocycles. The summed E-state index contributed by atoms with van der Waals surface area (Å²) in [4.78, 5) is 19.0. The van der Waals surface area contributed by atoms with Crippen LogP contribution in [0.5, 0.6) is 0 Å². The number of carbonyl (C=O) groups excluding carboxylic acids is 1. The predicted octanol–water partition coefficient (Wildman–Crippen LogP) is 0.128. The summed E-state index contributed by atoms with van der Waals surface area (Å²) in [5, 5.41) is 2.97. The Kier molecular flexibility index (Phi) is 4.00. The topological polar surface area (TPSA) is 64.1 Å². The molecule has 5 heteroatoms. The van der Waals surface area contributed by atoms with Crippen LogP contribution < -0.4 is 5.32 Å². The van der Waals surface area contributed by atoms with Crippen molar-refractivity contribution in [3.63, 3.8) is 0 Å². The van der Waals surface area contributed by atoms with Gasteiger partial charge in [0.25, 0.3) is 0 Å². The van der Waals surface area contributed by atoms with E-state index in [9.17, 15) is 4.79 Å². The fraction of sp³-hybridized carbons (Fsp3) is 0.444. The molecule has 0 saturated heterocycles. The van der Waals surface area contributed by atoms with E-state index in [4.69, 9.17) is 0 Å². The van der Waals surface area contributed by atoms with Crippen LogP contribution in [0.1, 0.15) is 12.6 Å². The Morgan fingerprint density at radius 3 is 3.00 bits per heavy atom. The zero-order chi connectivity index (χ0) is 10.4. The SMILES string of the molecule is COC(=O)[C@H](C)NCc1cnccn1. The molecule has 0 aliphatic carbocycles. The molecule has 0 radical (unpaired) electrons. The predicted molar refractivity (Wildman–Crippen MR) is 50.3 cm³/mol. The second-order valence-corrected chi connectivity index (χ2v) is 2.82. The molecule has 0 bridgehead atoms. The maximum Gasteiger partial charge on any atom is 0.322 e. The normalized spacial score (nSPS) is 12.1. The van der Waals surface area contributed by atoms with Gasteiger partial charge in [-0.25, -0.2) is 0 Å². The van der Waals surface area contributed by atoms with Crippen LogP contribution in [0.3, 0.4) is 0 Å². The van der Waals surface area contributed by atoms with E-state index in [1.54, 1.807) is 25.5 Å². The highest BCUT2D eigenvalue weighted by Gasteiger charge is 2.11.